The molecule has 1 aromatic carbocycles. The lowest BCUT2D eigenvalue weighted by Crippen LogP contribution is -2.14. The van der Waals surface area contributed by atoms with E-state index < -0.39 is 0 Å². The Balaban J connectivity index is 1.78. The number of carbonyl (C=O) groups excluding carboxylic acids is 1. The van der Waals surface area contributed by atoms with E-state index in [1.54, 1.807) is 6.26 Å². The van der Waals surface area contributed by atoms with Gasteiger partial charge in [0.25, 0.3) is 0 Å². The van der Waals surface area contributed by atoms with Crippen molar-refractivity contribution in [2.24, 2.45) is 0 Å². The van der Waals surface area contributed by atoms with Gasteiger partial charge < -0.3 is 9.15 Å². The topological polar surface area (TPSA) is 70.2 Å². The van der Waals surface area contributed by atoms with Gasteiger partial charge in [-0.1, -0.05) is 42.1 Å². The lowest BCUT2D eigenvalue weighted by Gasteiger charge is -2.10. The van der Waals surface area contributed by atoms with Crippen LogP contribution in [0.5, 0.6) is 0 Å². The molecule has 0 fully saturated rings. The van der Waals surface area contributed by atoms with E-state index in [0.29, 0.717) is 18.1 Å². The standard InChI is InChI=1S/C19H21N3O3S/c1-14(2)25-18(23)13-26-19-21-20-17(11-15-7-4-3-5-8-15)22(19)12-16-9-6-10-24-16/h3-10,14H,11-13H2,1-2H3. The molecule has 6 nitrogen and oxygen atoms in total. The molecule has 0 saturated carbocycles. The minimum atomic E-state index is -0.262. The molecule has 0 bridgehead atoms. The van der Waals surface area contributed by atoms with Crippen molar-refractivity contribution in [2.45, 2.75) is 38.1 Å². The van der Waals surface area contributed by atoms with Crippen LogP contribution in [0.4, 0.5) is 0 Å². The van der Waals surface area contributed by atoms with Crippen LogP contribution in [0.15, 0.2) is 58.3 Å². The first-order chi connectivity index (χ1) is 12.6. The molecule has 26 heavy (non-hydrogen) atoms. The molecule has 0 atom stereocenters. The summed E-state index contributed by atoms with van der Waals surface area (Å²) in [5.41, 5.74) is 1.15. The van der Waals surface area contributed by atoms with Crippen LogP contribution < -0.4 is 0 Å². The molecule has 0 aliphatic heterocycles. The van der Waals surface area contributed by atoms with Crippen LogP contribution in [-0.2, 0) is 22.5 Å². The van der Waals surface area contributed by atoms with Gasteiger partial charge in [0.15, 0.2) is 5.16 Å². The third-order valence-corrected chi connectivity index (χ3v) is 4.52. The fraction of sp³-hybridized carbons (Fsp3) is 0.316. The van der Waals surface area contributed by atoms with Crippen LogP contribution in [0.25, 0.3) is 0 Å². The van der Waals surface area contributed by atoms with Gasteiger partial charge in [-0.3, -0.25) is 9.36 Å². The Bertz CT molecular complexity index is 829. The first kappa shape index (κ1) is 18.3. The third kappa shape index (κ3) is 4.98. The monoisotopic (exact) mass is 371 g/mol. The van der Waals surface area contributed by atoms with Crippen LogP contribution in [0.3, 0.4) is 0 Å². The molecular weight excluding hydrogens is 350 g/mol. The van der Waals surface area contributed by atoms with Crippen molar-refractivity contribution in [3.8, 4) is 0 Å². The maximum Gasteiger partial charge on any atom is 0.316 e. The number of nitrogens with zero attached hydrogens (tertiary/aromatic N) is 3. The molecule has 2 heterocycles. The summed E-state index contributed by atoms with van der Waals surface area (Å²) in [7, 11) is 0. The normalized spacial score (nSPS) is 11.0. The number of aromatic nitrogens is 3. The number of rotatable bonds is 8. The predicted molar refractivity (Wildman–Crippen MR) is 99.0 cm³/mol. The summed E-state index contributed by atoms with van der Waals surface area (Å²) in [5, 5.41) is 9.27. The highest BCUT2D eigenvalue weighted by atomic mass is 32.2. The van der Waals surface area contributed by atoms with Crippen LogP contribution in [-0.4, -0.2) is 32.6 Å². The molecule has 0 unspecified atom stereocenters. The summed E-state index contributed by atoms with van der Waals surface area (Å²) in [5.74, 6) is 1.57. The van der Waals surface area contributed by atoms with Gasteiger partial charge >= 0.3 is 5.97 Å². The molecule has 0 spiro atoms. The summed E-state index contributed by atoms with van der Waals surface area (Å²) in [6.07, 6.45) is 2.17. The Morgan fingerprint density at radius 2 is 2.00 bits per heavy atom. The summed E-state index contributed by atoms with van der Waals surface area (Å²) in [4.78, 5) is 11.8. The fourth-order valence-electron chi connectivity index (χ4n) is 2.47. The molecule has 0 radical (unpaired) electrons. The van der Waals surface area contributed by atoms with Crippen molar-refractivity contribution in [1.29, 1.82) is 0 Å². The maximum atomic E-state index is 11.8. The second kappa shape index (κ2) is 8.71. The number of hydrogen-bond acceptors (Lipinski definition) is 6. The van der Waals surface area contributed by atoms with E-state index >= 15 is 0 Å². The average molecular weight is 371 g/mol. The van der Waals surface area contributed by atoms with Gasteiger partial charge in [0.05, 0.1) is 24.7 Å². The van der Waals surface area contributed by atoms with Crippen molar-refractivity contribution in [3.05, 3.63) is 65.9 Å². The van der Waals surface area contributed by atoms with Crippen LogP contribution in [0.1, 0.15) is 31.0 Å². The van der Waals surface area contributed by atoms with E-state index in [1.807, 2.05) is 48.7 Å². The highest BCUT2D eigenvalue weighted by Gasteiger charge is 2.16. The SMILES string of the molecule is CC(C)OC(=O)CSc1nnc(Cc2ccccc2)n1Cc1ccco1. The van der Waals surface area contributed by atoms with Crippen molar-refractivity contribution in [1.82, 2.24) is 14.8 Å². The van der Waals surface area contributed by atoms with Gasteiger partial charge in [0, 0.05) is 6.42 Å². The summed E-state index contributed by atoms with van der Waals surface area (Å²) in [6, 6.07) is 13.9. The number of ether oxygens (including phenoxy) is 1. The van der Waals surface area contributed by atoms with Crippen molar-refractivity contribution >= 4 is 17.7 Å². The summed E-state index contributed by atoms with van der Waals surface area (Å²) >= 11 is 1.32. The molecule has 0 aliphatic rings. The summed E-state index contributed by atoms with van der Waals surface area (Å²) in [6.45, 7) is 4.18. The van der Waals surface area contributed by atoms with Gasteiger partial charge in [-0.2, -0.15) is 0 Å². The molecule has 0 saturated heterocycles. The van der Waals surface area contributed by atoms with E-state index in [9.17, 15) is 4.79 Å². The second-order valence-electron chi connectivity index (χ2n) is 6.05. The number of furan rings is 1. The Morgan fingerprint density at radius 3 is 2.69 bits per heavy atom. The van der Waals surface area contributed by atoms with Crippen molar-refractivity contribution in [3.63, 3.8) is 0 Å². The van der Waals surface area contributed by atoms with E-state index in [-0.39, 0.29) is 17.8 Å². The Kier molecular flexibility index (Phi) is 6.12. The molecule has 0 N–H and O–H groups in total. The van der Waals surface area contributed by atoms with E-state index in [4.69, 9.17) is 9.15 Å². The molecule has 3 aromatic rings. The van der Waals surface area contributed by atoms with Gasteiger partial charge in [-0.05, 0) is 31.5 Å². The van der Waals surface area contributed by atoms with Gasteiger partial charge in [0.1, 0.15) is 11.6 Å². The van der Waals surface area contributed by atoms with Gasteiger partial charge in [-0.15, -0.1) is 10.2 Å². The zero-order chi connectivity index (χ0) is 18.4. The zero-order valence-electron chi connectivity index (χ0n) is 14.8. The van der Waals surface area contributed by atoms with E-state index in [2.05, 4.69) is 22.3 Å². The lowest BCUT2D eigenvalue weighted by molar-refractivity contribution is -0.144. The third-order valence-electron chi connectivity index (χ3n) is 3.58. The molecule has 0 amide bonds. The largest absolute Gasteiger partial charge is 0.467 e. The molecule has 2 aromatic heterocycles. The maximum absolute atomic E-state index is 11.8. The number of benzene rings is 1. The van der Waals surface area contributed by atoms with Crippen LogP contribution >= 0.6 is 11.8 Å². The first-order valence-electron chi connectivity index (χ1n) is 8.42. The fourth-order valence-corrected chi connectivity index (χ4v) is 3.21. The van der Waals surface area contributed by atoms with Gasteiger partial charge in [-0.25, -0.2) is 0 Å². The lowest BCUT2D eigenvalue weighted by atomic mass is 10.1. The van der Waals surface area contributed by atoms with Crippen LogP contribution in [0, 0.1) is 0 Å². The van der Waals surface area contributed by atoms with Crippen LogP contribution in [0.2, 0.25) is 0 Å². The average Bonchev–Trinajstić information content (AvgIpc) is 3.25. The molecule has 0 aliphatic carbocycles. The first-order valence-corrected chi connectivity index (χ1v) is 9.41. The van der Waals surface area contributed by atoms with E-state index in [0.717, 1.165) is 17.1 Å². The number of carbonyl (C=O) groups is 1. The minimum Gasteiger partial charge on any atom is -0.467 e. The summed E-state index contributed by atoms with van der Waals surface area (Å²) < 4.78 is 12.6. The molecule has 7 heteroatoms. The molecule has 136 valence electrons. The second-order valence-corrected chi connectivity index (χ2v) is 7.00. The highest BCUT2D eigenvalue weighted by molar-refractivity contribution is 7.99. The number of hydrogen-bond donors (Lipinski definition) is 0. The smallest absolute Gasteiger partial charge is 0.316 e. The van der Waals surface area contributed by atoms with Crippen molar-refractivity contribution in [2.75, 3.05) is 5.75 Å². The number of thioether (sulfide) groups is 1. The molecule has 3 rings (SSSR count). The van der Waals surface area contributed by atoms with E-state index in [1.165, 1.54) is 11.8 Å². The zero-order valence-corrected chi connectivity index (χ0v) is 15.6. The highest BCUT2D eigenvalue weighted by Crippen LogP contribution is 2.21. The Morgan fingerprint density at radius 1 is 1.19 bits per heavy atom. The minimum absolute atomic E-state index is 0.127. The van der Waals surface area contributed by atoms with Gasteiger partial charge in [0.2, 0.25) is 0 Å². The Labute approximate surface area is 156 Å². The quantitative estimate of drug-likeness (QED) is 0.445. The molecular formula is C19H21N3O3S. The number of esters is 1. The predicted octanol–water partition coefficient (Wildman–Crippen LogP) is 3.55. The Hall–Kier alpha value is -2.54. The van der Waals surface area contributed by atoms with Crippen molar-refractivity contribution < 1.29 is 13.9 Å².